The van der Waals surface area contributed by atoms with Crippen LogP contribution in [0.3, 0.4) is 0 Å². The lowest BCUT2D eigenvalue weighted by Gasteiger charge is -2.32. The molecule has 21 heavy (non-hydrogen) atoms. The molecule has 0 radical (unpaired) electrons. The molecule has 1 amide bonds. The maximum Gasteiger partial charge on any atom is 0.310 e. The molecule has 120 valence electrons. The summed E-state index contributed by atoms with van der Waals surface area (Å²) in [6.45, 7) is 6.09. The van der Waals surface area contributed by atoms with Gasteiger partial charge in [-0.05, 0) is 39.2 Å². The molecule has 0 aromatic carbocycles. The van der Waals surface area contributed by atoms with Crippen molar-refractivity contribution in [1.82, 2.24) is 9.80 Å². The van der Waals surface area contributed by atoms with Crippen molar-refractivity contribution in [3.8, 4) is 0 Å². The molecule has 2 aliphatic heterocycles. The summed E-state index contributed by atoms with van der Waals surface area (Å²) < 4.78 is 5.11. The van der Waals surface area contributed by atoms with E-state index in [1.807, 2.05) is 11.8 Å². The number of ether oxygens (including phenoxy) is 1. The highest BCUT2D eigenvalue weighted by molar-refractivity contribution is 5.78. The minimum Gasteiger partial charge on any atom is -0.466 e. The molecule has 2 saturated heterocycles. The van der Waals surface area contributed by atoms with Gasteiger partial charge in [0.2, 0.25) is 5.91 Å². The number of carbonyl (C=O) groups excluding carboxylic acids is 2. The van der Waals surface area contributed by atoms with E-state index in [-0.39, 0.29) is 17.8 Å². The second-order valence-electron chi connectivity index (χ2n) is 6.12. The summed E-state index contributed by atoms with van der Waals surface area (Å²) in [5.41, 5.74) is 0. The number of amides is 1. The van der Waals surface area contributed by atoms with Crippen LogP contribution in [0.4, 0.5) is 0 Å². The summed E-state index contributed by atoms with van der Waals surface area (Å²) >= 11 is 0. The van der Waals surface area contributed by atoms with Crippen LogP contribution in [0.25, 0.3) is 0 Å². The Bertz CT molecular complexity index is 351. The Hall–Kier alpha value is -1.10. The van der Waals surface area contributed by atoms with Crippen LogP contribution in [0.5, 0.6) is 0 Å². The first-order valence-electron chi connectivity index (χ1n) is 8.37. The minimum atomic E-state index is -0.107. The van der Waals surface area contributed by atoms with Crippen molar-refractivity contribution in [3.63, 3.8) is 0 Å². The topological polar surface area (TPSA) is 49.9 Å². The van der Waals surface area contributed by atoms with Gasteiger partial charge < -0.3 is 9.64 Å². The predicted octanol–water partition coefficient (Wildman–Crippen LogP) is 1.66. The Morgan fingerprint density at radius 1 is 1.05 bits per heavy atom. The van der Waals surface area contributed by atoms with Gasteiger partial charge in [-0.1, -0.05) is 12.8 Å². The minimum absolute atomic E-state index is 0.0596. The lowest BCUT2D eigenvalue weighted by atomic mass is 9.98. The molecule has 5 heteroatoms. The summed E-state index contributed by atoms with van der Waals surface area (Å²) in [5.74, 6) is 0.0569. The quantitative estimate of drug-likeness (QED) is 0.740. The van der Waals surface area contributed by atoms with Gasteiger partial charge in [-0.15, -0.1) is 0 Å². The number of hydrogen-bond acceptors (Lipinski definition) is 4. The second kappa shape index (κ2) is 8.37. The molecule has 0 aromatic heterocycles. The monoisotopic (exact) mass is 296 g/mol. The molecule has 0 aromatic rings. The third kappa shape index (κ3) is 4.99. The lowest BCUT2D eigenvalue weighted by molar-refractivity contribution is -0.150. The molecule has 0 bridgehead atoms. The van der Waals surface area contributed by atoms with Crippen LogP contribution in [0.2, 0.25) is 0 Å². The number of rotatable bonds is 4. The number of carbonyl (C=O) groups is 2. The molecule has 0 spiro atoms. The van der Waals surface area contributed by atoms with Crippen LogP contribution in [0, 0.1) is 5.92 Å². The van der Waals surface area contributed by atoms with E-state index in [2.05, 4.69) is 4.90 Å². The average Bonchev–Trinajstić information content (AvgIpc) is 2.77. The van der Waals surface area contributed by atoms with Crippen molar-refractivity contribution in [2.24, 2.45) is 5.92 Å². The summed E-state index contributed by atoms with van der Waals surface area (Å²) in [6.07, 6.45) is 6.56. The zero-order valence-corrected chi connectivity index (χ0v) is 13.2. The molecule has 2 aliphatic rings. The first kappa shape index (κ1) is 16.3. The Balaban J connectivity index is 1.81. The zero-order chi connectivity index (χ0) is 15.1. The summed E-state index contributed by atoms with van der Waals surface area (Å²) in [5, 5.41) is 0. The van der Waals surface area contributed by atoms with E-state index in [9.17, 15) is 9.59 Å². The first-order chi connectivity index (χ1) is 10.2. The highest BCUT2D eigenvalue weighted by atomic mass is 16.5. The molecular formula is C16H28N2O3. The normalized spacial score (nSPS) is 24.4. The summed E-state index contributed by atoms with van der Waals surface area (Å²) in [4.78, 5) is 28.3. The van der Waals surface area contributed by atoms with Gasteiger partial charge in [-0.2, -0.15) is 0 Å². The van der Waals surface area contributed by atoms with Crippen molar-refractivity contribution in [3.05, 3.63) is 0 Å². The van der Waals surface area contributed by atoms with Crippen LogP contribution in [0.15, 0.2) is 0 Å². The van der Waals surface area contributed by atoms with Gasteiger partial charge in [0.25, 0.3) is 0 Å². The molecule has 2 heterocycles. The van der Waals surface area contributed by atoms with E-state index < -0.39 is 0 Å². The predicted molar refractivity (Wildman–Crippen MR) is 80.8 cm³/mol. The fourth-order valence-corrected chi connectivity index (χ4v) is 3.26. The molecule has 2 rings (SSSR count). The maximum absolute atomic E-state index is 12.4. The third-order valence-electron chi connectivity index (χ3n) is 4.44. The van der Waals surface area contributed by atoms with Gasteiger partial charge >= 0.3 is 5.97 Å². The summed E-state index contributed by atoms with van der Waals surface area (Å²) in [7, 11) is 0. The van der Waals surface area contributed by atoms with Crippen LogP contribution < -0.4 is 0 Å². The summed E-state index contributed by atoms with van der Waals surface area (Å²) in [6, 6.07) is 0. The van der Waals surface area contributed by atoms with Crippen LogP contribution in [-0.2, 0) is 14.3 Å². The highest BCUT2D eigenvalue weighted by Crippen LogP contribution is 2.18. The Labute approximate surface area is 127 Å². The molecular weight excluding hydrogens is 268 g/mol. The van der Waals surface area contributed by atoms with E-state index in [1.165, 1.54) is 12.8 Å². The number of nitrogens with zero attached hydrogens (tertiary/aromatic N) is 2. The van der Waals surface area contributed by atoms with Crippen molar-refractivity contribution >= 4 is 11.9 Å². The smallest absolute Gasteiger partial charge is 0.310 e. The van der Waals surface area contributed by atoms with E-state index in [0.717, 1.165) is 45.3 Å². The van der Waals surface area contributed by atoms with Crippen LogP contribution >= 0.6 is 0 Å². The molecule has 2 fully saturated rings. The Morgan fingerprint density at radius 2 is 1.76 bits per heavy atom. The van der Waals surface area contributed by atoms with Gasteiger partial charge in [0.05, 0.1) is 19.1 Å². The highest BCUT2D eigenvalue weighted by Gasteiger charge is 2.28. The van der Waals surface area contributed by atoms with Crippen molar-refractivity contribution in [1.29, 1.82) is 0 Å². The molecule has 0 saturated carbocycles. The molecule has 1 atom stereocenters. The molecule has 0 unspecified atom stereocenters. The van der Waals surface area contributed by atoms with Crippen LogP contribution in [0.1, 0.15) is 45.4 Å². The van der Waals surface area contributed by atoms with Gasteiger partial charge in [0, 0.05) is 19.6 Å². The number of likely N-dealkylation sites (tertiary alicyclic amines) is 2. The third-order valence-corrected chi connectivity index (χ3v) is 4.44. The van der Waals surface area contributed by atoms with Crippen molar-refractivity contribution in [2.45, 2.75) is 45.4 Å². The zero-order valence-electron chi connectivity index (χ0n) is 13.2. The van der Waals surface area contributed by atoms with E-state index in [1.54, 1.807) is 0 Å². The van der Waals surface area contributed by atoms with Gasteiger partial charge in [-0.25, -0.2) is 0 Å². The second-order valence-corrected chi connectivity index (χ2v) is 6.12. The van der Waals surface area contributed by atoms with Crippen molar-refractivity contribution in [2.75, 3.05) is 39.3 Å². The SMILES string of the molecule is CCOC(=O)[C@H]1CCCN(CC(=O)N2CCCCCC2)C1. The fraction of sp³-hybridized carbons (Fsp3) is 0.875. The number of piperidine rings is 1. The molecule has 0 aliphatic carbocycles. The first-order valence-corrected chi connectivity index (χ1v) is 8.37. The average molecular weight is 296 g/mol. The number of esters is 1. The Morgan fingerprint density at radius 3 is 2.43 bits per heavy atom. The fourth-order valence-electron chi connectivity index (χ4n) is 3.26. The van der Waals surface area contributed by atoms with Gasteiger partial charge in [0.15, 0.2) is 0 Å². The standard InChI is InChI=1S/C16H28N2O3/c1-2-21-16(20)14-8-7-9-17(12-14)13-15(19)18-10-5-3-4-6-11-18/h14H,2-13H2,1H3/t14-/m0/s1. The lowest BCUT2D eigenvalue weighted by Crippen LogP contribution is -2.46. The van der Waals surface area contributed by atoms with Gasteiger partial charge in [-0.3, -0.25) is 14.5 Å². The van der Waals surface area contributed by atoms with Crippen LogP contribution in [-0.4, -0.2) is 61.0 Å². The number of hydrogen-bond donors (Lipinski definition) is 0. The Kier molecular flexibility index (Phi) is 6.49. The molecule has 5 nitrogen and oxygen atoms in total. The largest absolute Gasteiger partial charge is 0.466 e. The van der Waals surface area contributed by atoms with E-state index in [4.69, 9.17) is 4.74 Å². The van der Waals surface area contributed by atoms with Gasteiger partial charge in [0.1, 0.15) is 0 Å². The van der Waals surface area contributed by atoms with E-state index >= 15 is 0 Å². The van der Waals surface area contributed by atoms with E-state index in [0.29, 0.717) is 19.7 Å². The van der Waals surface area contributed by atoms with Crippen molar-refractivity contribution < 1.29 is 14.3 Å². The maximum atomic E-state index is 12.4. The molecule has 0 N–H and O–H groups in total.